The number of rotatable bonds is 5. The molecule has 0 aliphatic carbocycles. The molecule has 2 heterocycles. The lowest BCUT2D eigenvalue weighted by atomic mass is 9.92. The molecule has 1 N–H and O–H groups in total. The standard InChI is InChI=1S/C14H26N2O2.ClH/c1-3-14(8-6-9-15-14)13(17)16(4-2)11-12-7-5-10-18-12;/h12,15H,3-11H2,1-2H3;1H. The van der Waals surface area contributed by atoms with Crippen molar-refractivity contribution in [1.29, 1.82) is 0 Å². The zero-order valence-electron chi connectivity index (χ0n) is 12.1. The number of nitrogens with one attached hydrogen (secondary N) is 1. The van der Waals surface area contributed by atoms with Crippen molar-refractivity contribution in [1.82, 2.24) is 10.2 Å². The molecule has 0 bridgehead atoms. The van der Waals surface area contributed by atoms with E-state index in [9.17, 15) is 4.79 Å². The predicted molar refractivity (Wildman–Crippen MR) is 78.7 cm³/mol. The molecular weight excluding hydrogens is 264 g/mol. The van der Waals surface area contributed by atoms with E-state index in [0.29, 0.717) is 0 Å². The van der Waals surface area contributed by atoms with Gasteiger partial charge in [-0.25, -0.2) is 0 Å². The fourth-order valence-electron chi connectivity index (χ4n) is 3.13. The van der Waals surface area contributed by atoms with Crippen LogP contribution in [0.2, 0.25) is 0 Å². The van der Waals surface area contributed by atoms with E-state index < -0.39 is 0 Å². The summed E-state index contributed by atoms with van der Waals surface area (Å²) in [4.78, 5) is 14.7. The molecule has 2 aliphatic rings. The molecule has 0 radical (unpaired) electrons. The summed E-state index contributed by atoms with van der Waals surface area (Å²) in [6.07, 6.45) is 5.45. The Labute approximate surface area is 122 Å². The molecule has 5 heteroatoms. The summed E-state index contributed by atoms with van der Waals surface area (Å²) < 4.78 is 5.65. The van der Waals surface area contributed by atoms with Crippen molar-refractivity contribution in [3.05, 3.63) is 0 Å². The van der Waals surface area contributed by atoms with Gasteiger partial charge in [0.25, 0.3) is 0 Å². The molecule has 0 aromatic heterocycles. The lowest BCUT2D eigenvalue weighted by molar-refractivity contribution is -0.139. The number of hydrogen-bond acceptors (Lipinski definition) is 3. The maximum absolute atomic E-state index is 12.7. The molecule has 0 spiro atoms. The quantitative estimate of drug-likeness (QED) is 0.842. The van der Waals surface area contributed by atoms with Crippen LogP contribution >= 0.6 is 12.4 Å². The topological polar surface area (TPSA) is 41.6 Å². The molecule has 2 atom stereocenters. The summed E-state index contributed by atoms with van der Waals surface area (Å²) in [6.45, 7) is 7.53. The molecule has 112 valence electrons. The van der Waals surface area contributed by atoms with Gasteiger partial charge in [0.1, 0.15) is 0 Å². The molecule has 2 fully saturated rings. The number of nitrogens with zero attached hydrogens (tertiary/aromatic N) is 1. The number of carbonyl (C=O) groups excluding carboxylic acids is 1. The van der Waals surface area contributed by atoms with Crippen molar-refractivity contribution in [2.24, 2.45) is 0 Å². The van der Waals surface area contributed by atoms with Gasteiger partial charge in [0, 0.05) is 19.7 Å². The number of halogens is 1. The van der Waals surface area contributed by atoms with E-state index in [1.54, 1.807) is 0 Å². The Morgan fingerprint density at radius 2 is 2.21 bits per heavy atom. The summed E-state index contributed by atoms with van der Waals surface area (Å²) in [5, 5.41) is 3.43. The summed E-state index contributed by atoms with van der Waals surface area (Å²) in [6, 6.07) is 0. The van der Waals surface area contributed by atoms with Gasteiger partial charge in [0.05, 0.1) is 11.6 Å². The molecule has 0 aromatic carbocycles. The Kier molecular flexibility index (Phi) is 6.57. The first kappa shape index (κ1) is 16.7. The smallest absolute Gasteiger partial charge is 0.242 e. The lowest BCUT2D eigenvalue weighted by Gasteiger charge is -2.34. The Morgan fingerprint density at radius 3 is 2.68 bits per heavy atom. The highest BCUT2D eigenvalue weighted by Gasteiger charge is 2.41. The monoisotopic (exact) mass is 290 g/mol. The van der Waals surface area contributed by atoms with E-state index >= 15 is 0 Å². The van der Waals surface area contributed by atoms with E-state index in [2.05, 4.69) is 19.2 Å². The Morgan fingerprint density at radius 1 is 1.42 bits per heavy atom. The molecule has 2 saturated heterocycles. The molecule has 2 rings (SSSR count). The molecule has 2 aliphatic heterocycles. The highest BCUT2D eigenvalue weighted by Crippen LogP contribution is 2.26. The van der Waals surface area contributed by atoms with Gasteiger partial charge < -0.3 is 15.0 Å². The van der Waals surface area contributed by atoms with Crippen LogP contribution < -0.4 is 5.32 Å². The molecule has 2 unspecified atom stereocenters. The van der Waals surface area contributed by atoms with E-state index in [4.69, 9.17) is 4.74 Å². The minimum absolute atomic E-state index is 0. The molecule has 1 amide bonds. The maximum Gasteiger partial charge on any atom is 0.242 e. The summed E-state index contributed by atoms with van der Waals surface area (Å²) in [5.74, 6) is 0.278. The average molecular weight is 291 g/mol. The van der Waals surface area contributed by atoms with Crippen LogP contribution in [0.5, 0.6) is 0 Å². The van der Waals surface area contributed by atoms with Crippen LogP contribution in [0.4, 0.5) is 0 Å². The Balaban J connectivity index is 0.00000180. The number of ether oxygens (including phenoxy) is 1. The molecule has 19 heavy (non-hydrogen) atoms. The van der Waals surface area contributed by atoms with Crippen LogP contribution in [0, 0.1) is 0 Å². The minimum atomic E-state index is -0.297. The maximum atomic E-state index is 12.7. The van der Waals surface area contributed by atoms with Crippen molar-refractivity contribution >= 4 is 18.3 Å². The molecular formula is C14H27ClN2O2. The Hall–Kier alpha value is -0.320. The minimum Gasteiger partial charge on any atom is -0.376 e. The van der Waals surface area contributed by atoms with Crippen molar-refractivity contribution in [3.8, 4) is 0 Å². The number of likely N-dealkylation sites (N-methyl/N-ethyl adjacent to an activating group) is 1. The third-order valence-electron chi connectivity index (χ3n) is 4.37. The van der Waals surface area contributed by atoms with Gasteiger partial charge in [-0.2, -0.15) is 0 Å². The van der Waals surface area contributed by atoms with E-state index in [1.807, 2.05) is 4.90 Å². The first-order valence-corrected chi connectivity index (χ1v) is 7.38. The predicted octanol–water partition coefficient (Wildman–Crippen LogP) is 1.97. The summed E-state index contributed by atoms with van der Waals surface area (Å²) in [7, 11) is 0. The second-order valence-electron chi connectivity index (χ2n) is 5.44. The van der Waals surface area contributed by atoms with E-state index in [-0.39, 0.29) is 30.0 Å². The van der Waals surface area contributed by atoms with Gasteiger partial charge in [0.15, 0.2) is 0 Å². The van der Waals surface area contributed by atoms with Crippen LogP contribution in [0.15, 0.2) is 0 Å². The normalized spacial score (nSPS) is 30.1. The Bertz CT molecular complexity index is 287. The van der Waals surface area contributed by atoms with Crippen LogP contribution in [0.25, 0.3) is 0 Å². The fraction of sp³-hybridized carbons (Fsp3) is 0.929. The van der Waals surface area contributed by atoms with Crippen molar-refractivity contribution < 1.29 is 9.53 Å². The third-order valence-corrected chi connectivity index (χ3v) is 4.37. The van der Waals surface area contributed by atoms with Gasteiger partial charge in [-0.3, -0.25) is 4.79 Å². The second-order valence-corrected chi connectivity index (χ2v) is 5.44. The molecule has 0 saturated carbocycles. The highest BCUT2D eigenvalue weighted by molar-refractivity contribution is 5.86. The van der Waals surface area contributed by atoms with Gasteiger partial charge >= 0.3 is 0 Å². The van der Waals surface area contributed by atoms with Gasteiger partial charge in [-0.1, -0.05) is 6.92 Å². The molecule has 4 nitrogen and oxygen atoms in total. The SMILES string of the molecule is CCN(CC1CCCO1)C(=O)C1(CC)CCCN1.Cl. The number of amides is 1. The first-order chi connectivity index (χ1) is 8.72. The zero-order valence-corrected chi connectivity index (χ0v) is 12.9. The summed E-state index contributed by atoms with van der Waals surface area (Å²) >= 11 is 0. The van der Waals surface area contributed by atoms with E-state index in [1.165, 1.54) is 0 Å². The van der Waals surface area contributed by atoms with Gasteiger partial charge in [-0.05, 0) is 45.6 Å². The van der Waals surface area contributed by atoms with E-state index in [0.717, 1.165) is 58.3 Å². The largest absolute Gasteiger partial charge is 0.376 e. The second kappa shape index (κ2) is 7.46. The third kappa shape index (κ3) is 3.61. The van der Waals surface area contributed by atoms with Crippen LogP contribution in [-0.4, -0.2) is 48.7 Å². The van der Waals surface area contributed by atoms with Crippen molar-refractivity contribution in [2.45, 2.75) is 57.6 Å². The van der Waals surface area contributed by atoms with Gasteiger partial charge in [-0.15, -0.1) is 12.4 Å². The van der Waals surface area contributed by atoms with Crippen LogP contribution in [0.3, 0.4) is 0 Å². The number of carbonyl (C=O) groups is 1. The zero-order chi connectivity index (χ0) is 13.0. The summed E-state index contributed by atoms with van der Waals surface area (Å²) in [5.41, 5.74) is -0.297. The number of hydrogen-bond donors (Lipinski definition) is 1. The average Bonchev–Trinajstić information content (AvgIpc) is 3.06. The van der Waals surface area contributed by atoms with Crippen molar-refractivity contribution in [2.75, 3.05) is 26.2 Å². The molecule has 0 aromatic rings. The van der Waals surface area contributed by atoms with Crippen LogP contribution in [0.1, 0.15) is 46.0 Å². The first-order valence-electron chi connectivity index (χ1n) is 7.38. The fourth-order valence-corrected chi connectivity index (χ4v) is 3.13. The van der Waals surface area contributed by atoms with Crippen LogP contribution in [-0.2, 0) is 9.53 Å². The van der Waals surface area contributed by atoms with Gasteiger partial charge in [0.2, 0.25) is 5.91 Å². The lowest BCUT2D eigenvalue weighted by Crippen LogP contribution is -2.55. The van der Waals surface area contributed by atoms with Crippen molar-refractivity contribution in [3.63, 3.8) is 0 Å². The highest BCUT2D eigenvalue weighted by atomic mass is 35.5.